The molecule has 3 heterocycles. The molecule has 2 amide bonds. The largest absolute Gasteiger partial charge is 0.272 e. The van der Waals surface area contributed by atoms with Crippen LogP contribution in [0.5, 0.6) is 0 Å². The van der Waals surface area contributed by atoms with Gasteiger partial charge >= 0.3 is 0 Å². The molecule has 0 saturated carbocycles. The molecule has 18 heavy (non-hydrogen) atoms. The van der Waals surface area contributed by atoms with Crippen molar-refractivity contribution in [1.29, 1.82) is 0 Å². The zero-order valence-electron chi connectivity index (χ0n) is 9.90. The lowest BCUT2D eigenvalue weighted by Crippen LogP contribution is -2.69. The normalized spacial score (nSPS) is 40.2. The summed E-state index contributed by atoms with van der Waals surface area (Å²) in [6.07, 6.45) is 13.5. The van der Waals surface area contributed by atoms with E-state index in [1.54, 1.807) is 10.0 Å². The Morgan fingerprint density at radius 3 is 1.61 bits per heavy atom. The first-order valence-corrected chi connectivity index (χ1v) is 6.47. The zero-order valence-corrected chi connectivity index (χ0v) is 9.90. The maximum atomic E-state index is 12.5. The quantitative estimate of drug-likeness (QED) is 0.595. The Hall–Kier alpha value is -1.84. The predicted molar refractivity (Wildman–Crippen MR) is 64.9 cm³/mol. The van der Waals surface area contributed by atoms with Gasteiger partial charge in [-0.2, -0.15) is 0 Å². The Morgan fingerprint density at radius 2 is 1.22 bits per heavy atom. The van der Waals surface area contributed by atoms with Gasteiger partial charge in [-0.25, -0.2) is 10.0 Å². The first kappa shape index (κ1) is 10.1. The molecule has 5 aliphatic rings. The van der Waals surface area contributed by atoms with E-state index in [1.807, 2.05) is 24.3 Å². The highest BCUT2D eigenvalue weighted by Crippen LogP contribution is 2.39. The molecular formula is C14H14N2O2. The Morgan fingerprint density at radius 1 is 0.778 bits per heavy atom. The summed E-state index contributed by atoms with van der Waals surface area (Å²) in [6, 6.07) is 0.151. The first-order chi connectivity index (χ1) is 8.77. The maximum absolute atomic E-state index is 12.5. The van der Waals surface area contributed by atoms with E-state index in [0.29, 0.717) is 0 Å². The van der Waals surface area contributed by atoms with Gasteiger partial charge in [-0.05, 0) is 12.8 Å². The molecule has 0 aromatic rings. The number of fused-ring (bicyclic) bond motifs is 2. The molecule has 0 aromatic carbocycles. The van der Waals surface area contributed by atoms with Crippen molar-refractivity contribution in [3.8, 4) is 0 Å². The number of carbonyl (C=O) groups is 2. The summed E-state index contributed by atoms with van der Waals surface area (Å²) in [5, 5.41) is 3.39. The van der Waals surface area contributed by atoms with E-state index in [1.165, 1.54) is 0 Å². The number of carbonyl (C=O) groups excluding carboxylic acids is 2. The Kier molecular flexibility index (Phi) is 1.88. The van der Waals surface area contributed by atoms with E-state index in [0.717, 1.165) is 12.8 Å². The molecule has 0 spiro atoms. The van der Waals surface area contributed by atoms with E-state index >= 15 is 0 Å². The Balaban J connectivity index is 1.81. The van der Waals surface area contributed by atoms with Crippen molar-refractivity contribution in [1.82, 2.24) is 10.0 Å². The molecule has 4 atom stereocenters. The third-order valence-corrected chi connectivity index (χ3v) is 4.33. The van der Waals surface area contributed by atoms with Crippen molar-refractivity contribution in [3.05, 3.63) is 36.5 Å². The van der Waals surface area contributed by atoms with E-state index in [4.69, 9.17) is 0 Å². The summed E-state index contributed by atoms with van der Waals surface area (Å²) in [5.41, 5.74) is 0. The number of nitrogens with zero attached hydrogens (tertiary/aromatic N) is 2. The smallest absolute Gasteiger partial charge is 0.249 e. The van der Waals surface area contributed by atoms with Crippen LogP contribution in [0.3, 0.4) is 0 Å². The number of hydrogen-bond donors (Lipinski definition) is 0. The second-order valence-corrected chi connectivity index (χ2v) is 5.28. The van der Waals surface area contributed by atoms with Crippen LogP contribution in [0.1, 0.15) is 12.8 Å². The SMILES string of the molecule is O=C1C2C=CC=CC2C(=O)N2C3C=CC(CC3)N12. The lowest BCUT2D eigenvalue weighted by molar-refractivity contribution is -0.194. The Bertz CT molecular complexity index is 474. The zero-order chi connectivity index (χ0) is 12.3. The minimum Gasteiger partial charge on any atom is -0.272 e. The fraction of sp³-hybridized carbons (Fsp3) is 0.429. The van der Waals surface area contributed by atoms with Crippen molar-refractivity contribution in [2.24, 2.45) is 11.8 Å². The highest BCUT2D eigenvalue weighted by molar-refractivity contribution is 5.96. The van der Waals surface area contributed by atoms with Crippen molar-refractivity contribution < 1.29 is 9.59 Å². The van der Waals surface area contributed by atoms with Crippen LogP contribution in [0, 0.1) is 11.8 Å². The summed E-state index contributed by atoms with van der Waals surface area (Å²) in [4.78, 5) is 25.1. The number of amides is 2. The van der Waals surface area contributed by atoms with Gasteiger partial charge in [0.1, 0.15) is 0 Å². The fourth-order valence-corrected chi connectivity index (χ4v) is 3.44. The molecule has 92 valence electrons. The van der Waals surface area contributed by atoms with Crippen LogP contribution in [0.15, 0.2) is 36.5 Å². The molecule has 0 N–H and O–H groups in total. The van der Waals surface area contributed by atoms with Gasteiger partial charge in [-0.1, -0.05) is 36.5 Å². The fourth-order valence-electron chi connectivity index (χ4n) is 3.44. The molecule has 2 fully saturated rings. The molecule has 2 saturated heterocycles. The third kappa shape index (κ3) is 1.10. The van der Waals surface area contributed by atoms with E-state index in [2.05, 4.69) is 12.2 Å². The van der Waals surface area contributed by atoms with Gasteiger partial charge in [0, 0.05) is 0 Å². The minimum atomic E-state index is -0.300. The molecule has 4 unspecified atom stereocenters. The highest BCUT2D eigenvalue weighted by atomic mass is 16.2. The number of hydrazine groups is 1. The monoisotopic (exact) mass is 242 g/mol. The van der Waals surface area contributed by atoms with Crippen molar-refractivity contribution in [2.45, 2.75) is 24.9 Å². The van der Waals surface area contributed by atoms with Gasteiger partial charge in [0.25, 0.3) is 0 Å². The predicted octanol–water partition coefficient (Wildman–Crippen LogP) is 1.03. The van der Waals surface area contributed by atoms with Gasteiger partial charge in [0.2, 0.25) is 11.8 Å². The minimum absolute atomic E-state index is 0.0688. The highest BCUT2D eigenvalue weighted by Gasteiger charge is 2.52. The Labute approximate surface area is 105 Å². The van der Waals surface area contributed by atoms with Crippen molar-refractivity contribution >= 4 is 11.8 Å². The molecule has 0 aromatic heterocycles. The standard InChI is InChI=1S/C14H14N2O2/c17-13-11-3-1-2-4-12(11)14(18)16-10-7-5-9(6-8-10)15(13)16/h1-5,7,9-12H,6,8H2. The number of rotatable bonds is 0. The average Bonchev–Trinajstić information content (AvgIpc) is 2.45. The van der Waals surface area contributed by atoms with E-state index in [-0.39, 0.29) is 35.7 Å². The molecule has 3 aliphatic heterocycles. The number of allylic oxidation sites excluding steroid dienone is 2. The van der Waals surface area contributed by atoms with Crippen molar-refractivity contribution in [2.75, 3.05) is 0 Å². The van der Waals surface area contributed by atoms with Crippen LogP contribution in [0.2, 0.25) is 0 Å². The van der Waals surface area contributed by atoms with Crippen LogP contribution in [-0.2, 0) is 9.59 Å². The van der Waals surface area contributed by atoms with E-state index < -0.39 is 0 Å². The average molecular weight is 242 g/mol. The van der Waals surface area contributed by atoms with Crippen LogP contribution in [-0.4, -0.2) is 33.9 Å². The lowest BCUT2D eigenvalue weighted by Gasteiger charge is -2.54. The summed E-state index contributed by atoms with van der Waals surface area (Å²) >= 11 is 0. The van der Waals surface area contributed by atoms with Crippen LogP contribution < -0.4 is 0 Å². The summed E-state index contributed by atoms with van der Waals surface area (Å²) in [7, 11) is 0. The topological polar surface area (TPSA) is 40.6 Å². The third-order valence-electron chi connectivity index (χ3n) is 4.33. The van der Waals surface area contributed by atoms with Gasteiger partial charge in [-0.3, -0.25) is 9.59 Å². The second-order valence-electron chi connectivity index (χ2n) is 5.28. The lowest BCUT2D eigenvalue weighted by atomic mass is 9.81. The summed E-state index contributed by atoms with van der Waals surface area (Å²) in [5.74, 6) is -0.462. The number of hydrogen-bond acceptors (Lipinski definition) is 2. The first-order valence-electron chi connectivity index (χ1n) is 6.47. The van der Waals surface area contributed by atoms with Crippen LogP contribution in [0.4, 0.5) is 0 Å². The molecule has 2 aliphatic carbocycles. The molecule has 2 bridgehead atoms. The van der Waals surface area contributed by atoms with Gasteiger partial charge in [0.05, 0.1) is 23.9 Å². The maximum Gasteiger partial charge on any atom is 0.249 e. The van der Waals surface area contributed by atoms with Gasteiger partial charge < -0.3 is 0 Å². The van der Waals surface area contributed by atoms with Crippen molar-refractivity contribution in [3.63, 3.8) is 0 Å². The van der Waals surface area contributed by atoms with Crippen LogP contribution >= 0.6 is 0 Å². The molecular weight excluding hydrogens is 228 g/mol. The summed E-state index contributed by atoms with van der Waals surface area (Å²) in [6.45, 7) is 0. The van der Waals surface area contributed by atoms with Gasteiger partial charge in [0.15, 0.2) is 0 Å². The van der Waals surface area contributed by atoms with Gasteiger partial charge in [-0.15, -0.1) is 0 Å². The van der Waals surface area contributed by atoms with Crippen LogP contribution in [0.25, 0.3) is 0 Å². The molecule has 4 nitrogen and oxygen atoms in total. The molecule has 0 radical (unpaired) electrons. The summed E-state index contributed by atoms with van der Waals surface area (Å²) < 4.78 is 0. The molecule has 5 rings (SSSR count). The second kappa shape index (κ2) is 3.34. The van der Waals surface area contributed by atoms with E-state index in [9.17, 15) is 9.59 Å². The molecule has 4 heteroatoms.